The highest BCUT2D eigenvalue weighted by atomic mass is 16.6. The molecule has 0 aliphatic heterocycles. The molecule has 0 aliphatic rings. The van der Waals surface area contributed by atoms with Gasteiger partial charge in [-0.3, -0.25) is 4.79 Å². The number of nitrogens with one attached hydrogen (secondary N) is 3. The number of amides is 3. The number of unbranched alkanes of at least 4 members (excludes halogenated alkanes) is 1. The molecule has 0 spiro atoms. The lowest BCUT2D eigenvalue weighted by Crippen LogP contribution is -2.57. The lowest BCUT2D eigenvalue weighted by Gasteiger charge is -2.24. The van der Waals surface area contributed by atoms with Crippen molar-refractivity contribution in [1.29, 1.82) is 0 Å². The fraction of sp³-hybridized carbons (Fsp3) is 0.500. The van der Waals surface area contributed by atoms with Gasteiger partial charge in [-0.25, -0.2) is 9.59 Å². The maximum Gasteiger partial charge on any atom is 0.407 e. The molecule has 8 heteroatoms. The lowest BCUT2D eigenvalue weighted by atomic mass is 10.1. The molecule has 1 rings (SSSR count). The lowest BCUT2D eigenvalue weighted by molar-refractivity contribution is -0.123. The molecule has 3 N–H and O–H groups in total. The van der Waals surface area contributed by atoms with Gasteiger partial charge >= 0.3 is 12.2 Å². The van der Waals surface area contributed by atoms with Crippen LogP contribution < -0.4 is 16.0 Å². The zero-order valence-electron chi connectivity index (χ0n) is 15.4. The average molecular weight is 365 g/mol. The molecule has 0 aliphatic carbocycles. The molecule has 3 amide bonds. The Morgan fingerprint density at radius 1 is 1.04 bits per heavy atom. The summed E-state index contributed by atoms with van der Waals surface area (Å²) >= 11 is 0. The van der Waals surface area contributed by atoms with Crippen LogP contribution in [0.3, 0.4) is 0 Å². The smallest absolute Gasteiger partial charge is 0.407 e. The number of alkyl carbamates (subject to hydrolysis) is 2. The Bertz CT molecular complexity index is 579. The summed E-state index contributed by atoms with van der Waals surface area (Å²) in [4.78, 5) is 35.7. The molecule has 0 saturated heterocycles. The van der Waals surface area contributed by atoms with Crippen LogP contribution in [0.4, 0.5) is 9.59 Å². The maximum atomic E-state index is 12.0. The highest BCUT2D eigenvalue weighted by molar-refractivity contribution is 5.86. The van der Waals surface area contributed by atoms with E-state index < -0.39 is 30.2 Å². The van der Waals surface area contributed by atoms with E-state index in [0.29, 0.717) is 0 Å². The molecule has 26 heavy (non-hydrogen) atoms. The predicted octanol–water partition coefficient (Wildman–Crippen LogP) is 1.94. The van der Waals surface area contributed by atoms with E-state index >= 15 is 0 Å². The van der Waals surface area contributed by atoms with Crippen LogP contribution >= 0.6 is 0 Å². The Balaban J connectivity index is 2.53. The molecule has 144 valence electrons. The number of benzene rings is 1. The van der Waals surface area contributed by atoms with Crippen molar-refractivity contribution in [2.45, 2.75) is 45.4 Å². The Hall–Kier alpha value is -2.77. The van der Waals surface area contributed by atoms with Crippen molar-refractivity contribution in [2.75, 3.05) is 13.7 Å². The molecular formula is C18H27N3O5. The average Bonchev–Trinajstić information content (AvgIpc) is 2.64. The number of carbonyl (C=O) groups excluding carboxylic acids is 3. The molecule has 2 atom stereocenters. The summed E-state index contributed by atoms with van der Waals surface area (Å²) in [5.74, 6) is -0.451. The summed E-state index contributed by atoms with van der Waals surface area (Å²) in [5.41, 5.74) is 0.843. The SMILES string of the molecule is CCCCOC(=O)NC(C(=O)NC)C(C)NC(=O)OCc1ccccc1. The van der Waals surface area contributed by atoms with Gasteiger partial charge in [-0.05, 0) is 18.9 Å². The van der Waals surface area contributed by atoms with Gasteiger partial charge in [-0.1, -0.05) is 43.7 Å². The third-order valence-electron chi connectivity index (χ3n) is 3.59. The number of ether oxygens (including phenoxy) is 2. The first-order valence-electron chi connectivity index (χ1n) is 8.60. The summed E-state index contributed by atoms with van der Waals surface area (Å²) in [6.45, 7) is 3.94. The molecule has 0 radical (unpaired) electrons. The monoisotopic (exact) mass is 365 g/mol. The Morgan fingerprint density at radius 3 is 2.31 bits per heavy atom. The van der Waals surface area contributed by atoms with Crippen LogP contribution in [0.15, 0.2) is 30.3 Å². The summed E-state index contributed by atoms with van der Waals surface area (Å²) in [6, 6.07) is 7.53. The van der Waals surface area contributed by atoms with Crippen LogP contribution in [0.1, 0.15) is 32.3 Å². The van der Waals surface area contributed by atoms with Crippen molar-refractivity contribution in [3.63, 3.8) is 0 Å². The minimum Gasteiger partial charge on any atom is -0.450 e. The molecule has 1 aromatic carbocycles. The van der Waals surface area contributed by atoms with E-state index in [1.54, 1.807) is 6.92 Å². The van der Waals surface area contributed by atoms with E-state index in [1.165, 1.54) is 7.05 Å². The van der Waals surface area contributed by atoms with Gasteiger partial charge in [0, 0.05) is 7.05 Å². The Morgan fingerprint density at radius 2 is 1.69 bits per heavy atom. The van der Waals surface area contributed by atoms with E-state index in [0.717, 1.165) is 18.4 Å². The van der Waals surface area contributed by atoms with Gasteiger partial charge in [-0.15, -0.1) is 0 Å². The molecule has 8 nitrogen and oxygen atoms in total. The van der Waals surface area contributed by atoms with E-state index in [1.807, 2.05) is 37.3 Å². The van der Waals surface area contributed by atoms with Crippen molar-refractivity contribution >= 4 is 18.1 Å². The molecule has 0 saturated carbocycles. The second-order valence-electron chi connectivity index (χ2n) is 5.72. The van der Waals surface area contributed by atoms with Gasteiger partial charge in [0.15, 0.2) is 0 Å². The first kappa shape index (κ1) is 21.3. The first-order valence-corrected chi connectivity index (χ1v) is 8.60. The zero-order chi connectivity index (χ0) is 19.4. The quantitative estimate of drug-likeness (QED) is 0.580. The standard InChI is InChI=1S/C18H27N3O5/c1-4-5-11-25-18(24)21-15(16(22)19-3)13(2)20-17(23)26-12-14-9-7-6-8-10-14/h6-10,13,15H,4-5,11-12H2,1-3H3,(H,19,22)(H,20,23)(H,21,24). The highest BCUT2D eigenvalue weighted by Gasteiger charge is 2.28. The Labute approximate surface area is 153 Å². The molecular weight excluding hydrogens is 338 g/mol. The van der Waals surface area contributed by atoms with Crippen molar-refractivity contribution in [3.05, 3.63) is 35.9 Å². The third-order valence-corrected chi connectivity index (χ3v) is 3.59. The topological polar surface area (TPSA) is 106 Å². The van der Waals surface area contributed by atoms with Gasteiger partial charge in [0.1, 0.15) is 12.6 Å². The number of rotatable bonds is 9. The predicted molar refractivity (Wildman–Crippen MR) is 96.5 cm³/mol. The summed E-state index contributed by atoms with van der Waals surface area (Å²) < 4.78 is 10.1. The second-order valence-corrected chi connectivity index (χ2v) is 5.72. The highest BCUT2D eigenvalue weighted by Crippen LogP contribution is 2.02. The fourth-order valence-electron chi connectivity index (χ4n) is 2.08. The van der Waals surface area contributed by atoms with Crippen LogP contribution in [0, 0.1) is 0 Å². The fourth-order valence-corrected chi connectivity index (χ4v) is 2.08. The van der Waals surface area contributed by atoms with Crippen molar-refractivity contribution in [1.82, 2.24) is 16.0 Å². The van der Waals surface area contributed by atoms with E-state index in [-0.39, 0.29) is 13.2 Å². The van der Waals surface area contributed by atoms with E-state index in [4.69, 9.17) is 9.47 Å². The Kier molecular flexibility index (Phi) is 9.59. The van der Waals surface area contributed by atoms with Gasteiger partial charge in [0.25, 0.3) is 0 Å². The minimum absolute atomic E-state index is 0.108. The normalized spacial score (nSPS) is 12.4. The molecule has 0 fully saturated rings. The van der Waals surface area contributed by atoms with Gasteiger partial charge in [0.05, 0.1) is 12.6 Å². The number of carbonyl (C=O) groups is 3. The van der Waals surface area contributed by atoms with Gasteiger partial charge < -0.3 is 25.4 Å². The van der Waals surface area contributed by atoms with Crippen LogP contribution in [0.25, 0.3) is 0 Å². The van der Waals surface area contributed by atoms with Crippen LogP contribution in [-0.4, -0.2) is 43.8 Å². The molecule has 0 bridgehead atoms. The maximum absolute atomic E-state index is 12.0. The van der Waals surface area contributed by atoms with E-state index in [2.05, 4.69) is 16.0 Å². The van der Waals surface area contributed by atoms with Gasteiger partial charge in [-0.2, -0.15) is 0 Å². The third kappa shape index (κ3) is 7.87. The molecule has 1 aromatic rings. The minimum atomic E-state index is -0.988. The van der Waals surface area contributed by atoms with Crippen LogP contribution in [0.2, 0.25) is 0 Å². The summed E-state index contributed by atoms with van der Waals surface area (Å²) in [5, 5.41) is 7.46. The van der Waals surface area contributed by atoms with Crippen LogP contribution in [-0.2, 0) is 20.9 Å². The molecule has 2 unspecified atom stereocenters. The zero-order valence-corrected chi connectivity index (χ0v) is 15.4. The van der Waals surface area contributed by atoms with Gasteiger partial charge in [0.2, 0.25) is 5.91 Å². The van der Waals surface area contributed by atoms with E-state index in [9.17, 15) is 14.4 Å². The summed E-state index contributed by atoms with van der Waals surface area (Å²) in [6.07, 6.45) is 0.226. The van der Waals surface area contributed by atoms with Crippen molar-refractivity contribution < 1.29 is 23.9 Å². The van der Waals surface area contributed by atoms with Crippen molar-refractivity contribution in [2.24, 2.45) is 0 Å². The molecule has 0 aromatic heterocycles. The first-order chi connectivity index (χ1) is 12.5. The number of likely N-dealkylation sites (N-methyl/N-ethyl adjacent to an activating group) is 1. The van der Waals surface area contributed by atoms with Crippen molar-refractivity contribution in [3.8, 4) is 0 Å². The molecule has 0 heterocycles. The second kappa shape index (κ2) is 11.7. The number of hydrogen-bond donors (Lipinski definition) is 3. The summed E-state index contributed by atoms with van der Waals surface area (Å²) in [7, 11) is 1.44. The van der Waals surface area contributed by atoms with Crippen LogP contribution in [0.5, 0.6) is 0 Å². The largest absolute Gasteiger partial charge is 0.450 e. The number of hydrogen-bond acceptors (Lipinski definition) is 5.